The van der Waals surface area contributed by atoms with Gasteiger partial charge in [0.05, 0.1) is 13.2 Å². The van der Waals surface area contributed by atoms with E-state index in [0.717, 1.165) is 29.0 Å². The third-order valence-corrected chi connectivity index (χ3v) is 4.77. The molecule has 1 aliphatic rings. The third kappa shape index (κ3) is 3.97. The average Bonchev–Trinajstić information content (AvgIpc) is 3.02. The van der Waals surface area contributed by atoms with Gasteiger partial charge in [0, 0.05) is 31.3 Å². The van der Waals surface area contributed by atoms with Gasteiger partial charge in [-0.1, -0.05) is 25.1 Å². The van der Waals surface area contributed by atoms with E-state index < -0.39 is 5.97 Å². The van der Waals surface area contributed by atoms with Gasteiger partial charge in [-0.2, -0.15) is 5.10 Å². The molecule has 0 radical (unpaired) electrons. The first-order valence-corrected chi connectivity index (χ1v) is 9.25. The summed E-state index contributed by atoms with van der Waals surface area (Å²) in [5.41, 5.74) is 3.11. The molecule has 0 unspecified atom stereocenters. The molecule has 0 fully saturated rings. The number of hydrogen-bond acceptors (Lipinski definition) is 5. The SMILES string of the molecule is CCOC(=O)c1nn(C)c2c1CN(C(=O)COc1ccccc1CC)CC2. The summed E-state index contributed by atoms with van der Waals surface area (Å²) < 4.78 is 12.5. The van der Waals surface area contributed by atoms with Crippen molar-refractivity contribution < 1.29 is 19.1 Å². The minimum absolute atomic E-state index is 0.0264. The van der Waals surface area contributed by atoms with Crippen molar-refractivity contribution in [2.75, 3.05) is 19.8 Å². The number of carbonyl (C=O) groups is 2. The molecule has 1 amide bonds. The number of nitrogens with zero attached hydrogens (tertiary/aromatic N) is 3. The highest BCUT2D eigenvalue weighted by atomic mass is 16.5. The monoisotopic (exact) mass is 371 g/mol. The molecule has 1 aliphatic heterocycles. The van der Waals surface area contributed by atoms with Crippen molar-refractivity contribution in [2.45, 2.75) is 33.2 Å². The predicted octanol–water partition coefficient (Wildman–Crippen LogP) is 2.12. The van der Waals surface area contributed by atoms with Crippen LogP contribution in [0, 0.1) is 0 Å². The van der Waals surface area contributed by atoms with Crippen molar-refractivity contribution in [3.05, 3.63) is 46.8 Å². The molecule has 0 saturated carbocycles. The fraction of sp³-hybridized carbons (Fsp3) is 0.450. The minimum Gasteiger partial charge on any atom is -0.483 e. The number of fused-ring (bicyclic) bond motifs is 1. The van der Waals surface area contributed by atoms with Gasteiger partial charge in [-0.3, -0.25) is 9.48 Å². The largest absolute Gasteiger partial charge is 0.483 e. The Balaban J connectivity index is 1.70. The summed E-state index contributed by atoms with van der Waals surface area (Å²) in [4.78, 5) is 26.5. The fourth-order valence-corrected chi connectivity index (χ4v) is 3.34. The lowest BCUT2D eigenvalue weighted by Gasteiger charge is -2.27. The Hall–Kier alpha value is -2.83. The van der Waals surface area contributed by atoms with Crippen LogP contribution in [0.1, 0.15) is 41.2 Å². The molecular weight excluding hydrogens is 346 g/mol. The number of carbonyl (C=O) groups excluding carboxylic acids is 2. The lowest BCUT2D eigenvalue weighted by atomic mass is 10.0. The molecule has 3 rings (SSSR count). The van der Waals surface area contributed by atoms with Crippen LogP contribution in [0.15, 0.2) is 24.3 Å². The van der Waals surface area contributed by atoms with Gasteiger partial charge in [0.15, 0.2) is 12.3 Å². The van der Waals surface area contributed by atoms with Gasteiger partial charge in [0.2, 0.25) is 0 Å². The van der Waals surface area contributed by atoms with Gasteiger partial charge in [0.25, 0.3) is 5.91 Å². The van der Waals surface area contributed by atoms with Gasteiger partial charge in [0.1, 0.15) is 5.75 Å². The Labute approximate surface area is 158 Å². The molecule has 0 bridgehead atoms. The van der Waals surface area contributed by atoms with Crippen LogP contribution in [0.5, 0.6) is 5.75 Å². The maximum atomic E-state index is 12.7. The van der Waals surface area contributed by atoms with Crippen molar-refractivity contribution in [2.24, 2.45) is 7.05 Å². The molecule has 144 valence electrons. The Morgan fingerprint density at radius 1 is 1.22 bits per heavy atom. The number of hydrogen-bond donors (Lipinski definition) is 0. The smallest absolute Gasteiger partial charge is 0.359 e. The summed E-state index contributed by atoms with van der Waals surface area (Å²) in [5.74, 6) is 0.182. The highest BCUT2D eigenvalue weighted by Gasteiger charge is 2.30. The van der Waals surface area contributed by atoms with Gasteiger partial charge in [-0.05, 0) is 25.0 Å². The minimum atomic E-state index is -0.447. The van der Waals surface area contributed by atoms with Crippen LogP contribution in [0.4, 0.5) is 0 Å². The van der Waals surface area contributed by atoms with Crippen LogP contribution in [0.3, 0.4) is 0 Å². The zero-order valence-corrected chi connectivity index (χ0v) is 16.0. The van der Waals surface area contributed by atoms with Crippen LogP contribution in [0.25, 0.3) is 0 Å². The van der Waals surface area contributed by atoms with E-state index in [9.17, 15) is 9.59 Å². The van der Waals surface area contributed by atoms with Crippen LogP contribution >= 0.6 is 0 Å². The van der Waals surface area contributed by atoms with E-state index in [4.69, 9.17) is 9.47 Å². The maximum Gasteiger partial charge on any atom is 0.359 e. The van der Waals surface area contributed by atoms with Crippen molar-refractivity contribution in [1.82, 2.24) is 14.7 Å². The number of amides is 1. The van der Waals surface area contributed by atoms with E-state index in [0.29, 0.717) is 25.2 Å². The topological polar surface area (TPSA) is 73.7 Å². The fourth-order valence-electron chi connectivity index (χ4n) is 3.34. The molecule has 0 saturated heterocycles. The van der Waals surface area contributed by atoms with E-state index in [-0.39, 0.29) is 19.1 Å². The van der Waals surface area contributed by atoms with Gasteiger partial charge in [-0.25, -0.2) is 4.79 Å². The van der Waals surface area contributed by atoms with Gasteiger partial charge < -0.3 is 14.4 Å². The summed E-state index contributed by atoms with van der Waals surface area (Å²) in [5, 5.41) is 4.29. The Morgan fingerprint density at radius 3 is 2.74 bits per heavy atom. The van der Waals surface area contributed by atoms with Gasteiger partial charge in [-0.15, -0.1) is 0 Å². The molecule has 1 aromatic heterocycles. The van der Waals surface area contributed by atoms with E-state index in [2.05, 4.69) is 12.0 Å². The van der Waals surface area contributed by atoms with Crippen LogP contribution in [0.2, 0.25) is 0 Å². The van der Waals surface area contributed by atoms with Crippen molar-refractivity contribution >= 4 is 11.9 Å². The van der Waals surface area contributed by atoms with Crippen molar-refractivity contribution in [3.63, 3.8) is 0 Å². The molecule has 0 N–H and O–H groups in total. The van der Waals surface area contributed by atoms with Gasteiger partial charge >= 0.3 is 5.97 Å². The van der Waals surface area contributed by atoms with Crippen molar-refractivity contribution in [3.8, 4) is 5.75 Å². The van der Waals surface area contributed by atoms with Crippen LogP contribution in [-0.2, 0) is 36.0 Å². The molecule has 27 heavy (non-hydrogen) atoms. The van der Waals surface area contributed by atoms with Crippen LogP contribution in [-0.4, -0.2) is 46.3 Å². The maximum absolute atomic E-state index is 12.7. The number of aromatic nitrogens is 2. The first-order valence-electron chi connectivity index (χ1n) is 9.25. The Kier molecular flexibility index (Phi) is 5.78. The molecule has 0 atom stereocenters. The standard InChI is InChI=1S/C20H25N3O4/c1-4-14-8-6-7-9-17(14)27-13-18(24)23-11-10-16-15(12-23)19(21-22(16)3)20(25)26-5-2/h6-9H,4-5,10-13H2,1-3H3. The second kappa shape index (κ2) is 8.24. The molecule has 0 aliphatic carbocycles. The normalized spacial score (nSPS) is 13.2. The lowest BCUT2D eigenvalue weighted by Crippen LogP contribution is -2.39. The molecule has 2 aromatic rings. The molecule has 2 heterocycles. The zero-order valence-electron chi connectivity index (χ0n) is 16.0. The molecular formula is C20H25N3O4. The molecule has 7 heteroatoms. The quantitative estimate of drug-likeness (QED) is 0.727. The molecule has 7 nitrogen and oxygen atoms in total. The summed E-state index contributed by atoms with van der Waals surface area (Å²) >= 11 is 0. The number of aryl methyl sites for hydroxylation is 2. The number of ether oxygens (including phenoxy) is 2. The second-order valence-corrected chi connectivity index (χ2v) is 6.43. The first-order chi connectivity index (χ1) is 13.0. The summed E-state index contributed by atoms with van der Waals surface area (Å²) in [6, 6.07) is 7.72. The third-order valence-electron chi connectivity index (χ3n) is 4.77. The van der Waals surface area contributed by atoms with Crippen molar-refractivity contribution in [1.29, 1.82) is 0 Å². The lowest BCUT2D eigenvalue weighted by molar-refractivity contribution is -0.134. The van der Waals surface area contributed by atoms with E-state index >= 15 is 0 Å². The zero-order chi connectivity index (χ0) is 19.4. The van der Waals surface area contributed by atoms with E-state index in [1.54, 1.807) is 16.5 Å². The van der Waals surface area contributed by atoms with E-state index in [1.807, 2.05) is 31.3 Å². The predicted molar refractivity (Wildman–Crippen MR) is 99.6 cm³/mol. The highest BCUT2D eigenvalue weighted by Crippen LogP contribution is 2.23. The number of benzene rings is 1. The summed E-state index contributed by atoms with van der Waals surface area (Å²) in [6.45, 7) is 4.99. The van der Waals surface area contributed by atoms with Crippen LogP contribution < -0.4 is 4.74 Å². The number of rotatable bonds is 6. The second-order valence-electron chi connectivity index (χ2n) is 6.43. The Bertz CT molecular complexity index is 844. The summed E-state index contributed by atoms with van der Waals surface area (Å²) in [6.07, 6.45) is 1.49. The molecule has 1 aromatic carbocycles. The Morgan fingerprint density at radius 2 is 2.00 bits per heavy atom. The average molecular weight is 371 g/mol. The first kappa shape index (κ1) is 18.9. The molecule has 0 spiro atoms. The number of esters is 1. The number of para-hydroxylation sites is 1. The highest BCUT2D eigenvalue weighted by molar-refractivity contribution is 5.89. The van der Waals surface area contributed by atoms with E-state index in [1.165, 1.54) is 0 Å². The summed E-state index contributed by atoms with van der Waals surface area (Å²) in [7, 11) is 1.81.